The van der Waals surface area contributed by atoms with Crippen LogP contribution in [0.3, 0.4) is 0 Å². The minimum Gasteiger partial charge on any atom is -0.506 e. The van der Waals surface area contributed by atoms with Gasteiger partial charge in [0, 0.05) is 12.6 Å². The molecule has 8 heteroatoms. The molecule has 26 heavy (non-hydrogen) atoms. The molecule has 2 saturated heterocycles. The summed E-state index contributed by atoms with van der Waals surface area (Å²) >= 11 is 0. The van der Waals surface area contributed by atoms with Gasteiger partial charge in [-0.15, -0.1) is 0 Å². The molecule has 2 atom stereocenters. The van der Waals surface area contributed by atoms with Crippen LogP contribution in [-0.4, -0.2) is 56.2 Å². The summed E-state index contributed by atoms with van der Waals surface area (Å²) in [5.41, 5.74) is 2.76. The van der Waals surface area contributed by atoms with Crippen LogP contribution in [0, 0.1) is 6.92 Å². The van der Waals surface area contributed by atoms with Crippen molar-refractivity contribution < 1.29 is 19.4 Å². The summed E-state index contributed by atoms with van der Waals surface area (Å²) in [5, 5.41) is 13.9. The normalized spacial score (nSPS) is 21.8. The van der Waals surface area contributed by atoms with Gasteiger partial charge in [0.05, 0.1) is 48.6 Å². The third kappa shape index (κ3) is 3.12. The molecule has 0 aliphatic carbocycles. The van der Waals surface area contributed by atoms with E-state index in [9.17, 15) is 9.90 Å². The molecular formula is C18H22N4O4. The number of likely N-dealkylation sites (tertiary alicyclic amines) is 1. The molecule has 0 radical (unpaired) electrons. The lowest BCUT2D eigenvalue weighted by Crippen LogP contribution is -2.46. The van der Waals surface area contributed by atoms with Crippen LogP contribution in [0.25, 0.3) is 11.3 Å². The van der Waals surface area contributed by atoms with Gasteiger partial charge in [-0.05, 0) is 31.9 Å². The van der Waals surface area contributed by atoms with Crippen LogP contribution >= 0.6 is 0 Å². The van der Waals surface area contributed by atoms with Gasteiger partial charge < -0.3 is 19.5 Å². The third-order valence-corrected chi connectivity index (χ3v) is 5.03. The predicted molar refractivity (Wildman–Crippen MR) is 92.5 cm³/mol. The molecule has 2 aliphatic rings. The Morgan fingerprint density at radius 2 is 2.08 bits per heavy atom. The minimum absolute atomic E-state index is 0.110. The Balaban J connectivity index is 1.47. The molecule has 0 aromatic carbocycles. The van der Waals surface area contributed by atoms with Gasteiger partial charge in [-0.1, -0.05) is 0 Å². The SMILES string of the molecule is Cc1nc(-c2cnn(C)c2COC(=O)N2CC3CCC(C2)O3)ccc1O. The second-order valence-corrected chi connectivity index (χ2v) is 6.85. The molecule has 8 nitrogen and oxygen atoms in total. The monoisotopic (exact) mass is 358 g/mol. The maximum Gasteiger partial charge on any atom is 0.410 e. The highest BCUT2D eigenvalue weighted by atomic mass is 16.6. The molecule has 138 valence electrons. The highest BCUT2D eigenvalue weighted by molar-refractivity contribution is 5.68. The molecular weight excluding hydrogens is 336 g/mol. The third-order valence-electron chi connectivity index (χ3n) is 5.03. The van der Waals surface area contributed by atoms with Crippen molar-refractivity contribution in [3.05, 3.63) is 29.7 Å². The summed E-state index contributed by atoms with van der Waals surface area (Å²) in [7, 11) is 1.80. The molecule has 2 aromatic rings. The summed E-state index contributed by atoms with van der Waals surface area (Å²) < 4.78 is 13.0. The van der Waals surface area contributed by atoms with Gasteiger partial charge in [0.1, 0.15) is 12.4 Å². The van der Waals surface area contributed by atoms with Crippen LogP contribution < -0.4 is 0 Å². The average molecular weight is 358 g/mol. The van der Waals surface area contributed by atoms with Crippen LogP contribution in [0.15, 0.2) is 18.3 Å². The fourth-order valence-electron chi connectivity index (χ4n) is 3.54. The number of morpholine rings is 1. The lowest BCUT2D eigenvalue weighted by atomic mass is 10.1. The first-order valence-corrected chi connectivity index (χ1v) is 8.76. The quantitative estimate of drug-likeness (QED) is 0.903. The van der Waals surface area contributed by atoms with Gasteiger partial charge in [-0.3, -0.25) is 4.68 Å². The van der Waals surface area contributed by atoms with Gasteiger partial charge in [-0.2, -0.15) is 5.10 Å². The number of carbonyl (C=O) groups is 1. The lowest BCUT2D eigenvalue weighted by Gasteiger charge is -2.31. The first-order chi connectivity index (χ1) is 12.5. The van der Waals surface area contributed by atoms with E-state index in [2.05, 4.69) is 10.1 Å². The van der Waals surface area contributed by atoms with E-state index in [1.54, 1.807) is 41.9 Å². The van der Waals surface area contributed by atoms with Gasteiger partial charge in [0.25, 0.3) is 0 Å². The Morgan fingerprint density at radius 1 is 1.35 bits per heavy atom. The maximum atomic E-state index is 12.4. The van der Waals surface area contributed by atoms with Gasteiger partial charge >= 0.3 is 6.09 Å². The molecule has 1 N–H and O–H groups in total. The van der Waals surface area contributed by atoms with E-state index in [4.69, 9.17) is 9.47 Å². The maximum absolute atomic E-state index is 12.4. The van der Waals surface area contributed by atoms with Gasteiger partial charge in [0.15, 0.2) is 0 Å². The van der Waals surface area contributed by atoms with E-state index in [0.717, 1.165) is 24.1 Å². The van der Waals surface area contributed by atoms with Crippen molar-refractivity contribution in [3.63, 3.8) is 0 Å². The van der Waals surface area contributed by atoms with E-state index >= 15 is 0 Å². The van der Waals surface area contributed by atoms with Crippen molar-refractivity contribution in [2.24, 2.45) is 7.05 Å². The average Bonchev–Trinajstić information content (AvgIpc) is 3.16. The summed E-state index contributed by atoms with van der Waals surface area (Å²) in [6.07, 6.45) is 3.65. The van der Waals surface area contributed by atoms with Crippen molar-refractivity contribution in [2.45, 2.75) is 38.6 Å². The predicted octanol–water partition coefficient (Wildman–Crippen LogP) is 2.00. The Bertz CT molecular complexity index is 823. The molecule has 2 aromatic heterocycles. The highest BCUT2D eigenvalue weighted by Gasteiger charge is 2.36. The standard InChI is InChI=1S/C18H22N4O4/c1-11-17(23)6-5-15(20-11)14-7-19-21(2)16(14)10-25-18(24)22-8-12-3-4-13(9-22)26-12/h5-7,12-13,23H,3-4,8-10H2,1-2H3. The number of aromatic hydroxyl groups is 1. The Labute approximate surface area is 151 Å². The highest BCUT2D eigenvalue weighted by Crippen LogP contribution is 2.28. The zero-order valence-corrected chi connectivity index (χ0v) is 14.9. The number of pyridine rings is 1. The summed E-state index contributed by atoms with van der Waals surface area (Å²) in [5.74, 6) is 0.146. The summed E-state index contributed by atoms with van der Waals surface area (Å²) in [6, 6.07) is 3.33. The van der Waals surface area contributed by atoms with Crippen molar-refractivity contribution in [2.75, 3.05) is 13.1 Å². The van der Waals surface area contributed by atoms with E-state index in [1.807, 2.05) is 0 Å². The second-order valence-electron chi connectivity index (χ2n) is 6.85. The van der Waals surface area contributed by atoms with Crippen LogP contribution in [0.5, 0.6) is 5.75 Å². The Morgan fingerprint density at radius 3 is 2.77 bits per heavy atom. The molecule has 1 amide bonds. The number of rotatable bonds is 3. The number of aryl methyl sites for hydroxylation is 2. The van der Waals surface area contributed by atoms with E-state index < -0.39 is 0 Å². The smallest absolute Gasteiger partial charge is 0.410 e. The van der Waals surface area contributed by atoms with Gasteiger partial charge in [-0.25, -0.2) is 9.78 Å². The minimum atomic E-state index is -0.327. The van der Waals surface area contributed by atoms with E-state index in [-0.39, 0.29) is 30.7 Å². The number of nitrogens with zero attached hydrogens (tertiary/aromatic N) is 4. The van der Waals surface area contributed by atoms with E-state index in [1.165, 1.54) is 0 Å². The van der Waals surface area contributed by atoms with Crippen LogP contribution in [-0.2, 0) is 23.1 Å². The van der Waals surface area contributed by atoms with Crippen LogP contribution in [0.4, 0.5) is 4.79 Å². The number of carbonyl (C=O) groups excluding carboxylic acids is 1. The number of ether oxygens (including phenoxy) is 2. The number of amides is 1. The fourth-order valence-corrected chi connectivity index (χ4v) is 3.54. The summed E-state index contributed by atoms with van der Waals surface area (Å²) in [4.78, 5) is 18.6. The zero-order valence-electron chi connectivity index (χ0n) is 14.9. The Kier molecular flexibility index (Phi) is 4.28. The van der Waals surface area contributed by atoms with Crippen molar-refractivity contribution in [1.29, 1.82) is 0 Å². The van der Waals surface area contributed by atoms with Crippen LogP contribution in [0.1, 0.15) is 24.2 Å². The lowest BCUT2D eigenvalue weighted by molar-refractivity contribution is -0.0372. The Hall–Kier alpha value is -2.61. The molecule has 0 saturated carbocycles. The van der Waals surface area contributed by atoms with Crippen molar-refractivity contribution >= 4 is 6.09 Å². The summed E-state index contributed by atoms with van der Waals surface area (Å²) in [6.45, 7) is 3.03. The molecule has 4 heterocycles. The van der Waals surface area contributed by atoms with Crippen molar-refractivity contribution in [1.82, 2.24) is 19.7 Å². The van der Waals surface area contributed by atoms with Crippen molar-refractivity contribution in [3.8, 4) is 17.0 Å². The molecule has 0 spiro atoms. The zero-order chi connectivity index (χ0) is 18.3. The second kappa shape index (κ2) is 6.60. The first kappa shape index (κ1) is 16.8. The topological polar surface area (TPSA) is 89.7 Å². The fraction of sp³-hybridized carbons (Fsp3) is 0.500. The first-order valence-electron chi connectivity index (χ1n) is 8.76. The number of fused-ring (bicyclic) bond motifs is 2. The molecule has 2 aliphatic heterocycles. The van der Waals surface area contributed by atoms with E-state index in [0.29, 0.717) is 24.5 Å². The number of hydrogen-bond donors (Lipinski definition) is 1. The largest absolute Gasteiger partial charge is 0.506 e. The van der Waals surface area contributed by atoms with Gasteiger partial charge in [0.2, 0.25) is 0 Å². The van der Waals surface area contributed by atoms with Crippen LogP contribution in [0.2, 0.25) is 0 Å². The number of hydrogen-bond acceptors (Lipinski definition) is 6. The number of aromatic nitrogens is 3. The molecule has 4 rings (SSSR count). The molecule has 2 unspecified atom stereocenters. The molecule has 2 fully saturated rings. The molecule has 2 bridgehead atoms.